The first-order valence-electron chi connectivity index (χ1n) is 7.26. The summed E-state index contributed by atoms with van der Waals surface area (Å²) in [5.41, 5.74) is 1.23. The molecule has 2 heterocycles. The predicted molar refractivity (Wildman–Crippen MR) is 90.2 cm³/mol. The lowest BCUT2D eigenvalue weighted by Crippen LogP contribution is -2.40. The van der Waals surface area contributed by atoms with Crippen molar-refractivity contribution in [2.24, 2.45) is 4.40 Å². The Hall–Kier alpha value is -2.74. The quantitative estimate of drug-likeness (QED) is 0.834. The molecule has 1 N–H and O–H groups in total. The molecule has 8 heteroatoms. The number of sulfonamides is 1. The Bertz CT molecular complexity index is 896. The van der Waals surface area contributed by atoms with Crippen molar-refractivity contribution in [2.75, 3.05) is 17.6 Å². The zero-order chi connectivity index (χ0) is 17.3. The molecule has 2 aliphatic heterocycles. The number of hydrogen-bond acceptors (Lipinski definition) is 5. The number of hydrogen-bond donors (Lipinski definition) is 1. The van der Waals surface area contributed by atoms with E-state index in [0.29, 0.717) is 11.3 Å². The SMILES string of the molecule is CC(=O)c1ccc(NC(=O)C2=CC=CN3CCS(=O)(=O)N=C23)cc1. The van der Waals surface area contributed by atoms with Crippen molar-refractivity contribution in [3.8, 4) is 0 Å². The molecule has 0 atom stereocenters. The number of carbonyl (C=O) groups excluding carboxylic acids is 2. The van der Waals surface area contributed by atoms with Crippen LogP contribution >= 0.6 is 0 Å². The third-order valence-electron chi connectivity index (χ3n) is 3.65. The highest BCUT2D eigenvalue weighted by Crippen LogP contribution is 2.19. The molecule has 0 saturated heterocycles. The van der Waals surface area contributed by atoms with Gasteiger partial charge in [-0.3, -0.25) is 9.59 Å². The number of ketones is 1. The average molecular weight is 345 g/mol. The van der Waals surface area contributed by atoms with Crippen molar-refractivity contribution in [1.82, 2.24) is 4.90 Å². The molecule has 0 aliphatic carbocycles. The predicted octanol–water partition coefficient (Wildman–Crippen LogP) is 1.33. The molecule has 1 aromatic rings. The van der Waals surface area contributed by atoms with E-state index in [1.807, 2.05) is 0 Å². The minimum Gasteiger partial charge on any atom is -0.331 e. The van der Waals surface area contributed by atoms with Gasteiger partial charge in [-0.05, 0) is 43.3 Å². The van der Waals surface area contributed by atoms with Gasteiger partial charge in [0.25, 0.3) is 15.9 Å². The Kier molecular flexibility index (Phi) is 4.06. The fraction of sp³-hybridized carbons (Fsp3) is 0.188. The van der Waals surface area contributed by atoms with Gasteiger partial charge in [-0.25, -0.2) is 8.42 Å². The zero-order valence-corrected chi connectivity index (χ0v) is 13.7. The summed E-state index contributed by atoms with van der Waals surface area (Å²) in [5, 5.41) is 2.68. The van der Waals surface area contributed by atoms with E-state index in [-0.39, 0.29) is 29.5 Å². The Balaban J connectivity index is 1.84. The highest BCUT2D eigenvalue weighted by molar-refractivity contribution is 7.90. The lowest BCUT2D eigenvalue weighted by Gasteiger charge is -2.28. The van der Waals surface area contributed by atoms with Crippen molar-refractivity contribution in [3.63, 3.8) is 0 Å². The van der Waals surface area contributed by atoms with E-state index in [2.05, 4.69) is 9.71 Å². The molecule has 0 unspecified atom stereocenters. The normalized spacial score (nSPS) is 18.3. The van der Waals surface area contributed by atoms with Gasteiger partial charge in [-0.1, -0.05) is 0 Å². The molecule has 24 heavy (non-hydrogen) atoms. The molecule has 3 rings (SSSR count). The van der Waals surface area contributed by atoms with Gasteiger partial charge in [-0.15, -0.1) is 4.40 Å². The van der Waals surface area contributed by atoms with Crippen molar-refractivity contribution >= 4 is 33.2 Å². The summed E-state index contributed by atoms with van der Waals surface area (Å²) in [6.45, 7) is 1.72. The third kappa shape index (κ3) is 3.28. The Morgan fingerprint density at radius 3 is 2.58 bits per heavy atom. The van der Waals surface area contributed by atoms with Crippen LogP contribution in [0.25, 0.3) is 0 Å². The number of anilines is 1. The first-order chi connectivity index (χ1) is 11.4. The zero-order valence-electron chi connectivity index (χ0n) is 12.9. The highest BCUT2D eigenvalue weighted by atomic mass is 32.2. The number of nitrogens with zero attached hydrogens (tertiary/aromatic N) is 2. The highest BCUT2D eigenvalue weighted by Gasteiger charge is 2.29. The van der Waals surface area contributed by atoms with Crippen LogP contribution in [0.15, 0.2) is 52.6 Å². The van der Waals surface area contributed by atoms with Crippen LogP contribution in [-0.2, 0) is 14.8 Å². The number of carbonyl (C=O) groups is 2. The molecule has 0 saturated carbocycles. The second-order valence-corrected chi connectivity index (χ2v) is 7.16. The topological polar surface area (TPSA) is 95.9 Å². The van der Waals surface area contributed by atoms with Gasteiger partial charge < -0.3 is 10.2 Å². The van der Waals surface area contributed by atoms with E-state index < -0.39 is 15.9 Å². The molecule has 7 nitrogen and oxygen atoms in total. The van der Waals surface area contributed by atoms with E-state index in [9.17, 15) is 18.0 Å². The van der Waals surface area contributed by atoms with Crippen molar-refractivity contribution in [3.05, 3.63) is 53.8 Å². The van der Waals surface area contributed by atoms with Crippen LogP contribution in [0.4, 0.5) is 5.69 Å². The number of benzene rings is 1. The maximum absolute atomic E-state index is 12.5. The lowest BCUT2D eigenvalue weighted by molar-refractivity contribution is -0.112. The maximum Gasteiger partial charge on any atom is 0.259 e. The number of allylic oxidation sites excluding steroid dienone is 2. The number of Topliss-reactive ketones (excluding diaryl/α,β-unsaturated/α-hetero) is 1. The first kappa shape index (κ1) is 16.1. The second kappa shape index (κ2) is 6.04. The fourth-order valence-corrected chi connectivity index (χ4v) is 3.37. The number of amidine groups is 1. The number of fused-ring (bicyclic) bond motifs is 1. The molecular weight excluding hydrogens is 330 g/mol. The van der Waals surface area contributed by atoms with Crippen LogP contribution in [0.2, 0.25) is 0 Å². The van der Waals surface area contributed by atoms with Crippen LogP contribution < -0.4 is 5.32 Å². The average Bonchev–Trinajstić information content (AvgIpc) is 2.54. The maximum atomic E-state index is 12.5. The molecule has 1 amide bonds. The lowest BCUT2D eigenvalue weighted by atomic mass is 10.1. The molecule has 0 fully saturated rings. The monoisotopic (exact) mass is 345 g/mol. The molecule has 0 spiro atoms. The van der Waals surface area contributed by atoms with Gasteiger partial charge in [0.15, 0.2) is 11.6 Å². The summed E-state index contributed by atoms with van der Waals surface area (Å²) < 4.78 is 27.1. The van der Waals surface area contributed by atoms with Crippen molar-refractivity contribution < 1.29 is 18.0 Å². The number of amides is 1. The number of nitrogens with one attached hydrogen (secondary N) is 1. The molecule has 124 valence electrons. The minimum absolute atomic E-state index is 0.0644. The third-order valence-corrected chi connectivity index (χ3v) is 4.80. The van der Waals surface area contributed by atoms with Gasteiger partial charge >= 0.3 is 0 Å². The summed E-state index contributed by atoms with van der Waals surface area (Å²) in [6, 6.07) is 6.46. The summed E-state index contributed by atoms with van der Waals surface area (Å²) >= 11 is 0. The van der Waals surface area contributed by atoms with Crippen molar-refractivity contribution in [2.45, 2.75) is 6.92 Å². The van der Waals surface area contributed by atoms with Crippen LogP contribution in [0, 0.1) is 0 Å². The largest absolute Gasteiger partial charge is 0.331 e. The Labute approximate surface area is 139 Å². The van der Waals surface area contributed by atoms with E-state index >= 15 is 0 Å². The molecule has 0 aromatic heterocycles. The van der Waals surface area contributed by atoms with Gasteiger partial charge in [0, 0.05) is 24.0 Å². The molecule has 0 bridgehead atoms. The van der Waals surface area contributed by atoms with Crippen molar-refractivity contribution in [1.29, 1.82) is 0 Å². The Morgan fingerprint density at radius 2 is 1.92 bits per heavy atom. The minimum atomic E-state index is -3.55. The van der Waals surface area contributed by atoms with Gasteiger partial charge in [0.05, 0.1) is 11.3 Å². The van der Waals surface area contributed by atoms with Crippen LogP contribution in [-0.4, -0.2) is 43.1 Å². The van der Waals surface area contributed by atoms with Gasteiger partial charge in [0.2, 0.25) is 0 Å². The van der Waals surface area contributed by atoms with E-state index in [1.54, 1.807) is 41.4 Å². The Morgan fingerprint density at radius 1 is 1.21 bits per heavy atom. The van der Waals surface area contributed by atoms with Gasteiger partial charge in [0.1, 0.15) is 0 Å². The standard InChI is InChI=1S/C16H15N3O4S/c1-11(20)12-4-6-13(7-5-12)17-16(21)14-3-2-8-19-9-10-24(22,23)18-15(14)19/h2-8H,9-10H2,1H3,(H,17,21). The summed E-state index contributed by atoms with van der Waals surface area (Å²) in [7, 11) is -3.55. The summed E-state index contributed by atoms with van der Waals surface area (Å²) in [5.74, 6) is -0.481. The van der Waals surface area contributed by atoms with Crippen LogP contribution in [0.5, 0.6) is 0 Å². The number of rotatable bonds is 3. The smallest absolute Gasteiger partial charge is 0.259 e. The van der Waals surface area contributed by atoms with Gasteiger partial charge in [-0.2, -0.15) is 0 Å². The van der Waals surface area contributed by atoms with Crippen LogP contribution in [0.3, 0.4) is 0 Å². The van der Waals surface area contributed by atoms with E-state index in [0.717, 1.165) is 0 Å². The van der Waals surface area contributed by atoms with E-state index in [1.165, 1.54) is 13.0 Å². The van der Waals surface area contributed by atoms with Crippen LogP contribution in [0.1, 0.15) is 17.3 Å². The second-order valence-electron chi connectivity index (χ2n) is 5.40. The summed E-state index contributed by atoms with van der Waals surface area (Å²) in [6.07, 6.45) is 4.88. The molecular formula is C16H15N3O4S. The van der Waals surface area contributed by atoms with E-state index in [4.69, 9.17) is 0 Å². The molecule has 0 radical (unpaired) electrons. The fourth-order valence-electron chi connectivity index (χ4n) is 2.38. The molecule has 2 aliphatic rings. The first-order valence-corrected chi connectivity index (χ1v) is 8.87. The molecule has 1 aromatic carbocycles. The summed E-state index contributed by atoms with van der Waals surface area (Å²) in [4.78, 5) is 25.4.